The van der Waals surface area contributed by atoms with Crippen molar-refractivity contribution in [3.05, 3.63) is 51.9 Å². The van der Waals surface area contributed by atoms with Crippen LogP contribution in [0.4, 0.5) is 11.4 Å². The van der Waals surface area contributed by atoms with E-state index >= 15 is 0 Å². The van der Waals surface area contributed by atoms with Crippen LogP contribution in [0.15, 0.2) is 34.3 Å². The van der Waals surface area contributed by atoms with Gasteiger partial charge in [-0.1, -0.05) is 11.6 Å². The number of hydrogen-bond acceptors (Lipinski definition) is 7. The summed E-state index contributed by atoms with van der Waals surface area (Å²) in [7, 11) is 1.26. The molecule has 1 fully saturated rings. The molecule has 1 aromatic carbocycles. The van der Waals surface area contributed by atoms with Crippen molar-refractivity contribution >= 4 is 40.9 Å². The number of esters is 1. The van der Waals surface area contributed by atoms with Crippen LogP contribution in [0, 0.1) is 18.3 Å². The van der Waals surface area contributed by atoms with Crippen LogP contribution in [-0.2, 0) is 14.3 Å². The molecule has 1 N–H and O–H groups in total. The molecule has 1 aliphatic heterocycles. The summed E-state index contributed by atoms with van der Waals surface area (Å²) < 4.78 is 15.5. The Labute approximate surface area is 178 Å². The Kier molecular flexibility index (Phi) is 6.77. The fraction of sp³-hybridized carbons (Fsp3) is 0.286. The molecule has 0 atom stereocenters. The molecule has 1 amide bonds. The highest BCUT2D eigenvalue weighted by molar-refractivity contribution is 6.31. The Hall–Kier alpha value is -3.28. The van der Waals surface area contributed by atoms with Gasteiger partial charge in [-0.3, -0.25) is 4.79 Å². The third-order valence-electron chi connectivity index (χ3n) is 4.55. The van der Waals surface area contributed by atoms with Crippen molar-refractivity contribution in [3.8, 4) is 6.07 Å². The molecule has 1 aliphatic rings. The molecule has 3 rings (SSSR count). The molecule has 1 saturated heterocycles. The van der Waals surface area contributed by atoms with Crippen molar-refractivity contribution in [2.45, 2.75) is 6.92 Å². The third kappa shape index (κ3) is 4.82. The molecule has 2 aromatic rings. The number of nitrogens with one attached hydrogen (secondary N) is 1. The number of aryl methyl sites for hydroxylation is 1. The maximum absolute atomic E-state index is 12.8. The van der Waals surface area contributed by atoms with Crippen LogP contribution in [0.5, 0.6) is 0 Å². The number of halogens is 1. The van der Waals surface area contributed by atoms with Gasteiger partial charge in [0.2, 0.25) is 0 Å². The number of carbonyl (C=O) groups excluding carboxylic acids is 2. The van der Waals surface area contributed by atoms with E-state index < -0.39 is 11.9 Å². The van der Waals surface area contributed by atoms with E-state index in [1.54, 1.807) is 19.1 Å². The van der Waals surface area contributed by atoms with Gasteiger partial charge in [0.1, 0.15) is 28.7 Å². The van der Waals surface area contributed by atoms with Crippen LogP contribution in [-0.4, -0.2) is 45.3 Å². The minimum Gasteiger partial charge on any atom is -0.465 e. The number of rotatable bonds is 5. The molecule has 0 unspecified atom stereocenters. The number of ether oxygens (including phenoxy) is 2. The Bertz CT molecular complexity index is 1030. The smallest absolute Gasteiger partial charge is 0.341 e. The number of benzene rings is 1. The lowest BCUT2D eigenvalue weighted by atomic mass is 10.2. The van der Waals surface area contributed by atoms with E-state index in [-0.39, 0.29) is 16.9 Å². The number of amides is 1. The first kappa shape index (κ1) is 21.4. The molecule has 8 nitrogen and oxygen atoms in total. The van der Waals surface area contributed by atoms with E-state index in [0.29, 0.717) is 42.8 Å². The van der Waals surface area contributed by atoms with Crippen LogP contribution < -0.4 is 10.2 Å². The highest BCUT2D eigenvalue weighted by atomic mass is 35.5. The number of methoxy groups -OCH3 is 1. The summed E-state index contributed by atoms with van der Waals surface area (Å²) in [6.07, 6.45) is 1.27. The number of nitrogens with zero attached hydrogens (tertiary/aromatic N) is 2. The summed E-state index contributed by atoms with van der Waals surface area (Å²) >= 11 is 6.11. The van der Waals surface area contributed by atoms with Gasteiger partial charge in [0.15, 0.2) is 0 Å². The first-order valence-electron chi connectivity index (χ1n) is 9.17. The fourth-order valence-electron chi connectivity index (χ4n) is 3.06. The SMILES string of the molecule is COC(=O)c1cc(/C=C(\C#N)C(=O)Nc2cc(Cl)ccc2N2CCOCC2)oc1C. The minimum absolute atomic E-state index is 0.187. The van der Waals surface area contributed by atoms with Crippen LogP contribution >= 0.6 is 11.6 Å². The van der Waals surface area contributed by atoms with Gasteiger partial charge < -0.3 is 24.1 Å². The lowest BCUT2D eigenvalue weighted by molar-refractivity contribution is -0.112. The second-order valence-electron chi connectivity index (χ2n) is 6.50. The van der Waals surface area contributed by atoms with E-state index in [0.717, 1.165) is 5.69 Å². The van der Waals surface area contributed by atoms with Gasteiger partial charge in [-0.2, -0.15) is 5.26 Å². The van der Waals surface area contributed by atoms with Crippen molar-refractivity contribution in [2.24, 2.45) is 0 Å². The average Bonchev–Trinajstić information content (AvgIpc) is 3.12. The quantitative estimate of drug-likeness (QED) is 0.441. The summed E-state index contributed by atoms with van der Waals surface area (Å²) in [6, 6.07) is 8.47. The molecular weight excluding hydrogens is 410 g/mol. The van der Waals surface area contributed by atoms with Gasteiger partial charge >= 0.3 is 5.97 Å². The van der Waals surface area contributed by atoms with Crippen molar-refractivity contribution in [2.75, 3.05) is 43.6 Å². The largest absolute Gasteiger partial charge is 0.465 e. The van der Waals surface area contributed by atoms with Crippen molar-refractivity contribution < 1.29 is 23.5 Å². The Balaban J connectivity index is 1.86. The summed E-state index contributed by atoms with van der Waals surface area (Å²) in [6.45, 7) is 4.11. The molecule has 0 saturated carbocycles. The van der Waals surface area contributed by atoms with E-state index in [1.807, 2.05) is 12.1 Å². The standard InChI is InChI=1S/C21H20ClN3O5/c1-13-17(21(27)28-2)11-16(30-13)9-14(12-23)20(26)24-18-10-15(22)3-4-19(18)25-5-7-29-8-6-25/h3-4,9-11H,5-8H2,1-2H3,(H,24,26)/b14-9+. The minimum atomic E-state index is -0.622. The molecular formula is C21H20ClN3O5. The molecule has 9 heteroatoms. The molecule has 0 bridgehead atoms. The Morgan fingerprint density at radius 1 is 1.30 bits per heavy atom. The zero-order valence-electron chi connectivity index (χ0n) is 16.5. The van der Waals surface area contributed by atoms with Gasteiger partial charge in [-0.05, 0) is 31.2 Å². The molecule has 0 spiro atoms. The second kappa shape index (κ2) is 9.48. The lowest BCUT2D eigenvalue weighted by Crippen LogP contribution is -2.36. The number of hydrogen-bond donors (Lipinski definition) is 1. The molecule has 0 aliphatic carbocycles. The second-order valence-corrected chi connectivity index (χ2v) is 6.93. The maximum Gasteiger partial charge on any atom is 0.341 e. The topological polar surface area (TPSA) is 105 Å². The van der Waals surface area contributed by atoms with Gasteiger partial charge in [-0.25, -0.2) is 4.79 Å². The summed E-state index contributed by atoms with van der Waals surface area (Å²) in [5.41, 5.74) is 1.32. The molecule has 30 heavy (non-hydrogen) atoms. The van der Waals surface area contributed by atoms with Crippen LogP contribution in [0.2, 0.25) is 5.02 Å². The average molecular weight is 430 g/mol. The summed E-state index contributed by atoms with van der Waals surface area (Å²) in [4.78, 5) is 26.6. The summed E-state index contributed by atoms with van der Waals surface area (Å²) in [5, 5.41) is 12.7. The fourth-order valence-corrected chi connectivity index (χ4v) is 3.23. The zero-order chi connectivity index (χ0) is 21.7. The number of nitriles is 1. The third-order valence-corrected chi connectivity index (χ3v) is 4.79. The highest BCUT2D eigenvalue weighted by Crippen LogP contribution is 2.30. The number of carbonyl (C=O) groups is 2. The molecule has 0 radical (unpaired) electrons. The maximum atomic E-state index is 12.8. The van der Waals surface area contributed by atoms with Crippen LogP contribution in [0.1, 0.15) is 21.9 Å². The van der Waals surface area contributed by atoms with Crippen molar-refractivity contribution in [3.63, 3.8) is 0 Å². The summed E-state index contributed by atoms with van der Waals surface area (Å²) in [5.74, 6) is -0.662. The van der Waals surface area contributed by atoms with Gasteiger partial charge in [0.25, 0.3) is 5.91 Å². The zero-order valence-corrected chi connectivity index (χ0v) is 17.3. The lowest BCUT2D eigenvalue weighted by Gasteiger charge is -2.30. The normalized spacial score (nSPS) is 14.2. The number of morpholine rings is 1. The van der Waals surface area contributed by atoms with Crippen molar-refractivity contribution in [1.82, 2.24) is 0 Å². The van der Waals surface area contributed by atoms with Crippen LogP contribution in [0.3, 0.4) is 0 Å². The van der Waals surface area contributed by atoms with E-state index in [2.05, 4.69) is 15.0 Å². The first-order chi connectivity index (χ1) is 14.4. The molecule has 2 heterocycles. The van der Waals surface area contributed by atoms with Gasteiger partial charge in [-0.15, -0.1) is 0 Å². The van der Waals surface area contributed by atoms with E-state index in [1.165, 1.54) is 19.3 Å². The predicted octanol–water partition coefficient (Wildman–Crippen LogP) is 3.41. The monoisotopic (exact) mass is 429 g/mol. The first-order valence-corrected chi connectivity index (χ1v) is 9.55. The van der Waals surface area contributed by atoms with E-state index in [4.69, 9.17) is 20.8 Å². The Morgan fingerprint density at radius 2 is 2.03 bits per heavy atom. The van der Waals surface area contributed by atoms with Crippen LogP contribution in [0.25, 0.3) is 6.08 Å². The predicted molar refractivity (Wildman–Crippen MR) is 111 cm³/mol. The number of anilines is 2. The van der Waals surface area contributed by atoms with Crippen molar-refractivity contribution in [1.29, 1.82) is 5.26 Å². The Morgan fingerprint density at radius 3 is 2.70 bits per heavy atom. The van der Waals surface area contributed by atoms with Gasteiger partial charge in [0, 0.05) is 24.2 Å². The number of furan rings is 1. The molecule has 1 aromatic heterocycles. The van der Waals surface area contributed by atoms with Gasteiger partial charge in [0.05, 0.1) is 31.7 Å². The molecule has 156 valence electrons. The highest BCUT2D eigenvalue weighted by Gasteiger charge is 2.20. The van der Waals surface area contributed by atoms with E-state index in [9.17, 15) is 14.9 Å².